The van der Waals surface area contributed by atoms with Crippen LogP contribution in [0.1, 0.15) is 85.5 Å². The molecule has 0 amide bonds. The minimum atomic E-state index is 0.611. The van der Waals surface area contributed by atoms with Crippen molar-refractivity contribution in [1.82, 2.24) is 0 Å². The van der Waals surface area contributed by atoms with E-state index in [4.69, 9.17) is 0 Å². The predicted octanol–water partition coefficient (Wildman–Crippen LogP) is 6.06. The average Bonchev–Trinajstić information content (AvgIpc) is 2.37. The first-order valence-electron chi connectivity index (χ1n) is 8.97. The number of rotatable bonds is 1. The molecule has 3 fully saturated rings. The van der Waals surface area contributed by atoms with Crippen LogP contribution in [0.2, 0.25) is 0 Å². The SMILES string of the molecule is CC[C@H]1CC[C@H]2[C@@H](CCC3C(C)(C)CCC[C@@]32C)C1. The van der Waals surface area contributed by atoms with Crippen LogP contribution in [-0.4, -0.2) is 0 Å². The van der Waals surface area contributed by atoms with Gasteiger partial charge in [-0.25, -0.2) is 0 Å². The highest BCUT2D eigenvalue weighted by atomic mass is 14.6. The van der Waals surface area contributed by atoms with Gasteiger partial charge in [0, 0.05) is 0 Å². The summed E-state index contributed by atoms with van der Waals surface area (Å²) in [5, 5.41) is 0. The normalized spacial score (nSPS) is 49.3. The zero-order valence-corrected chi connectivity index (χ0v) is 13.7. The smallest absolute Gasteiger partial charge is 0.0261 e. The Labute approximate surface area is 120 Å². The Balaban J connectivity index is 1.83. The van der Waals surface area contributed by atoms with Gasteiger partial charge in [0.05, 0.1) is 0 Å². The summed E-state index contributed by atoms with van der Waals surface area (Å²) in [6.45, 7) is 10.2. The van der Waals surface area contributed by atoms with Gasteiger partial charge in [-0.3, -0.25) is 0 Å². The highest BCUT2D eigenvalue weighted by molar-refractivity contribution is 5.04. The summed E-state index contributed by atoms with van der Waals surface area (Å²) in [5.74, 6) is 4.20. The molecule has 110 valence electrons. The monoisotopic (exact) mass is 262 g/mol. The Morgan fingerprint density at radius 1 is 0.947 bits per heavy atom. The summed E-state index contributed by atoms with van der Waals surface area (Å²) in [6.07, 6.45) is 13.6. The van der Waals surface area contributed by atoms with Crippen molar-refractivity contribution in [2.75, 3.05) is 0 Å². The molecule has 0 N–H and O–H groups in total. The van der Waals surface area contributed by atoms with Crippen LogP contribution in [0.5, 0.6) is 0 Å². The van der Waals surface area contributed by atoms with Crippen LogP contribution in [0.4, 0.5) is 0 Å². The molecule has 0 aromatic heterocycles. The van der Waals surface area contributed by atoms with E-state index in [-0.39, 0.29) is 0 Å². The fraction of sp³-hybridized carbons (Fsp3) is 1.00. The lowest BCUT2D eigenvalue weighted by atomic mass is 9.44. The maximum atomic E-state index is 2.68. The lowest BCUT2D eigenvalue weighted by Gasteiger charge is -2.61. The molecular formula is C19H34. The topological polar surface area (TPSA) is 0 Å². The lowest BCUT2D eigenvalue weighted by molar-refractivity contribution is -0.114. The molecule has 0 saturated heterocycles. The largest absolute Gasteiger partial charge is 0.0651 e. The summed E-state index contributed by atoms with van der Waals surface area (Å²) in [4.78, 5) is 0. The first-order chi connectivity index (χ1) is 8.97. The van der Waals surface area contributed by atoms with Gasteiger partial charge in [-0.1, -0.05) is 47.0 Å². The highest BCUT2D eigenvalue weighted by Gasteiger charge is 2.55. The molecule has 3 aliphatic rings. The predicted molar refractivity (Wildman–Crippen MR) is 83.1 cm³/mol. The summed E-state index contributed by atoms with van der Waals surface area (Å²) in [5.41, 5.74) is 1.29. The summed E-state index contributed by atoms with van der Waals surface area (Å²) in [7, 11) is 0. The second-order valence-corrected chi connectivity index (χ2v) is 8.93. The second kappa shape index (κ2) is 4.78. The molecule has 0 aromatic rings. The minimum Gasteiger partial charge on any atom is -0.0651 e. The molecule has 3 aliphatic carbocycles. The Bertz CT molecular complexity index is 329. The molecule has 0 heterocycles. The Morgan fingerprint density at radius 3 is 2.47 bits per heavy atom. The molecule has 0 nitrogen and oxygen atoms in total. The van der Waals surface area contributed by atoms with E-state index in [2.05, 4.69) is 27.7 Å². The molecule has 3 saturated carbocycles. The van der Waals surface area contributed by atoms with Gasteiger partial charge in [-0.05, 0) is 73.0 Å². The van der Waals surface area contributed by atoms with Crippen LogP contribution < -0.4 is 0 Å². The Morgan fingerprint density at radius 2 is 1.74 bits per heavy atom. The van der Waals surface area contributed by atoms with Crippen molar-refractivity contribution in [3.63, 3.8) is 0 Å². The molecule has 0 radical (unpaired) electrons. The first kappa shape index (κ1) is 14.0. The summed E-state index contributed by atoms with van der Waals surface area (Å²) >= 11 is 0. The third kappa shape index (κ3) is 2.18. The van der Waals surface area contributed by atoms with E-state index in [1.54, 1.807) is 19.3 Å². The van der Waals surface area contributed by atoms with Crippen LogP contribution >= 0.6 is 0 Å². The standard InChI is InChI=1S/C19H34/c1-5-14-7-9-16-15(13-14)8-10-17-18(2,3)11-6-12-19(16,17)4/h14-17H,5-13H2,1-4H3/t14-,15-,16-,17?,19+/m0/s1. The van der Waals surface area contributed by atoms with Crippen molar-refractivity contribution in [3.05, 3.63) is 0 Å². The van der Waals surface area contributed by atoms with Crippen molar-refractivity contribution in [2.24, 2.45) is 34.5 Å². The minimum absolute atomic E-state index is 0.611. The van der Waals surface area contributed by atoms with Crippen molar-refractivity contribution in [2.45, 2.75) is 85.5 Å². The van der Waals surface area contributed by atoms with Crippen LogP contribution in [0.15, 0.2) is 0 Å². The molecule has 0 heteroatoms. The third-order valence-electron chi connectivity index (χ3n) is 7.62. The van der Waals surface area contributed by atoms with Gasteiger partial charge >= 0.3 is 0 Å². The molecule has 19 heavy (non-hydrogen) atoms. The Hall–Kier alpha value is 0. The van der Waals surface area contributed by atoms with Crippen molar-refractivity contribution in [1.29, 1.82) is 0 Å². The van der Waals surface area contributed by atoms with E-state index in [9.17, 15) is 0 Å². The van der Waals surface area contributed by atoms with Gasteiger partial charge in [-0.2, -0.15) is 0 Å². The van der Waals surface area contributed by atoms with E-state index in [0.29, 0.717) is 10.8 Å². The van der Waals surface area contributed by atoms with Crippen molar-refractivity contribution < 1.29 is 0 Å². The Kier molecular flexibility index (Phi) is 3.51. The van der Waals surface area contributed by atoms with Crippen molar-refractivity contribution >= 4 is 0 Å². The van der Waals surface area contributed by atoms with E-state index in [0.717, 1.165) is 23.7 Å². The summed E-state index contributed by atoms with van der Waals surface area (Å²) in [6, 6.07) is 0. The third-order valence-corrected chi connectivity index (χ3v) is 7.62. The zero-order chi connectivity index (χ0) is 13.7. The fourth-order valence-corrected chi connectivity index (χ4v) is 6.63. The molecule has 0 aromatic carbocycles. The van der Waals surface area contributed by atoms with Gasteiger partial charge in [0.15, 0.2) is 0 Å². The number of fused-ring (bicyclic) bond motifs is 3. The first-order valence-corrected chi connectivity index (χ1v) is 8.97. The molecule has 5 atom stereocenters. The molecule has 3 rings (SSSR count). The molecular weight excluding hydrogens is 228 g/mol. The zero-order valence-electron chi connectivity index (χ0n) is 13.7. The van der Waals surface area contributed by atoms with Crippen LogP contribution in [-0.2, 0) is 0 Å². The van der Waals surface area contributed by atoms with Crippen LogP contribution in [0, 0.1) is 34.5 Å². The summed E-state index contributed by atoms with van der Waals surface area (Å²) < 4.78 is 0. The van der Waals surface area contributed by atoms with Gasteiger partial charge in [0.25, 0.3) is 0 Å². The highest BCUT2D eigenvalue weighted by Crippen LogP contribution is 2.64. The quantitative estimate of drug-likeness (QED) is 0.539. The van der Waals surface area contributed by atoms with E-state index in [1.807, 2.05) is 0 Å². The number of hydrogen-bond donors (Lipinski definition) is 0. The maximum Gasteiger partial charge on any atom is -0.0261 e. The molecule has 1 unspecified atom stereocenters. The van der Waals surface area contributed by atoms with E-state index >= 15 is 0 Å². The number of hydrogen-bond acceptors (Lipinski definition) is 0. The van der Waals surface area contributed by atoms with E-state index in [1.165, 1.54) is 38.5 Å². The van der Waals surface area contributed by atoms with Gasteiger partial charge in [-0.15, -0.1) is 0 Å². The van der Waals surface area contributed by atoms with Gasteiger partial charge < -0.3 is 0 Å². The van der Waals surface area contributed by atoms with Crippen LogP contribution in [0.25, 0.3) is 0 Å². The second-order valence-electron chi connectivity index (χ2n) is 8.93. The van der Waals surface area contributed by atoms with Crippen LogP contribution in [0.3, 0.4) is 0 Å². The van der Waals surface area contributed by atoms with Crippen molar-refractivity contribution in [3.8, 4) is 0 Å². The molecule has 0 aliphatic heterocycles. The molecule has 0 bridgehead atoms. The molecule has 0 spiro atoms. The van der Waals surface area contributed by atoms with Gasteiger partial charge in [0.1, 0.15) is 0 Å². The lowest BCUT2D eigenvalue weighted by Crippen LogP contribution is -2.52. The fourth-order valence-electron chi connectivity index (χ4n) is 6.63. The maximum absolute atomic E-state index is 2.68. The van der Waals surface area contributed by atoms with E-state index < -0.39 is 0 Å². The van der Waals surface area contributed by atoms with Gasteiger partial charge in [0.2, 0.25) is 0 Å². The average molecular weight is 262 g/mol.